The molecule has 0 aliphatic carbocycles. The van der Waals surface area contributed by atoms with E-state index in [-0.39, 0.29) is 30.8 Å². The second kappa shape index (κ2) is 10.1. The third kappa shape index (κ3) is 5.18. The number of hydrogen-bond donors (Lipinski definition) is 2. The van der Waals surface area contributed by atoms with Crippen molar-refractivity contribution < 1.29 is 14.4 Å². The van der Waals surface area contributed by atoms with E-state index in [4.69, 9.17) is 23.8 Å². The number of aromatic nitrogens is 3. The molecule has 158 valence electrons. The number of hydrogen-bond acceptors (Lipinski definition) is 6. The molecular formula is C19H20ClN5O3S2. The molecule has 1 saturated heterocycles. The monoisotopic (exact) mass is 465 g/mol. The maximum Gasteiger partial charge on any atom is 0.293 e. The highest BCUT2D eigenvalue weighted by Gasteiger charge is 2.34. The van der Waals surface area contributed by atoms with Gasteiger partial charge in [-0.1, -0.05) is 36.7 Å². The molecule has 1 aliphatic rings. The first-order valence-corrected chi connectivity index (χ1v) is 10.9. The van der Waals surface area contributed by atoms with Gasteiger partial charge in [-0.2, -0.15) is 5.10 Å². The van der Waals surface area contributed by atoms with E-state index >= 15 is 0 Å². The number of rotatable bonds is 8. The Morgan fingerprint density at radius 2 is 2.13 bits per heavy atom. The number of imide groups is 1. The number of carbonyl (C=O) groups excluding carboxylic acids is 3. The minimum absolute atomic E-state index is 0.0268. The van der Waals surface area contributed by atoms with Crippen LogP contribution in [0.1, 0.15) is 24.7 Å². The number of thioether (sulfide) groups is 1. The van der Waals surface area contributed by atoms with Crippen LogP contribution in [0.2, 0.25) is 5.02 Å². The first kappa shape index (κ1) is 22.3. The van der Waals surface area contributed by atoms with Crippen LogP contribution in [0.25, 0.3) is 6.08 Å². The highest BCUT2D eigenvalue weighted by molar-refractivity contribution is 8.18. The summed E-state index contributed by atoms with van der Waals surface area (Å²) >= 11 is 12.1. The van der Waals surface area contributed by atoms with Crippen LogP contribution in [-0.2, 0) is 22.6 Å². The highest BCUT2D eigenvalue weighted by atomic mass is 35.5. The second-order valence-electron chi connectivity index (χ2n) is 6.49. The Kier molecular flexibility index (Phi) is 7.46. The van der Waals surface area contributed by atoms with Crippen molar-refractivity contribution in [2.45, 2.75) is 26.3 Å². The molecule has 1 fully saturated rings. The Morgan fingerprint density at radius 1 is 1.37 bits per heavy atom. The van der Waals surface area contributed by atoms with Crippen molar-refractivity contribution in [2.24, 2.45) is 0 Å². The van der Waals surface area contributed by atoms with E-state index in [1.54, 1.807) is 34.9 Å². The van der Waals surface area contributed by atoms with Crippen LogP contribution in [-0.4, -0.2) is 49.8 Å². The first-order chi connectivity index (χ1) is 14.4. The van der Waals surface area contributed by atoms with E-state index in [1.807, 2.05) is 6.92 Å². The molecular weight excluding hydrogens is 446 g/mol. The summed E-state index contributed by atoms with van der Waals surface area (Å²) in [6, 6.07) is 7.07. The minimum atomic E-state index is -0.401. The number of benzene rings is 1. The predicted molar refractivity (Wildman–Crippen MR) is 119 cm³/mol. The van der Waals surface area contributed by atoms with Gasteiger partial charge in [-0.05, 0) is 48.1 Å². The molecule has 0 bridgehead atoms. The third-order valence-corrected chi connectivity index (χ3v) is 5.90. The van der Waals surface area contributed by atoms with Crippen LogP contribution < -0.4 is 5.32 Å². The van der Waals surface area contributed by atoms with Crippen LogP contribution in [0.4, 0.5) is 4.79 Å². The fraction of sp³-hybridized carbons (Fsp3) is 0.316. The lowest BCUT2D eigenvalue weighted by Gasteiger charge is -2.13. The van der Waals surface area contributed by atoms with E-state index in [9.17, 15) is 14.4 Å². The molecule has 0 atom stereocenters. The SMILES string of the molecule is CCCc1n[nH]c(=S)n1CC(=O)NCCN1C(=O)SC(=Cc2ccccc2Cl)C1=O. The molecule has 0 spiro atoms. The largest absolute Gasteiger partial charge is 0.353 e. The number of nitrogens with zero attached hydrogens (tertiary/aromatic N) is 3. The molecule has 30 heavy (non-hydrogen) atoms. The van der Waals surface area contributed by atoms with Gasteiger partial charge in [0.15, 0.2) is 4.77 Å². The molecule has 1 aliphatic heterocycles. The van der Waals surface area contributed by atoms with Crippen molar-refractivity contribution in [3.63, 3.8) is 0 Å². The van der Waals surface area contributed by atoms with Crippen molar-refractivity contribution in [2.75, 3.05) is 13.1 Å². The summed E-state index contributed by atoms with van der Waals surface area (Å²) in [5.41, 5.74) is 0.665. The summed E-state index contributed by atoms with van der Waals surface area (Å²) in [6.07, 6.45) is 3.18. The molecule has 1 aromatic heterocycles. The number of carbonyl (C=O) groups is 3. The first-order valence-electron chi connectivity index (χ1n) is 9.31. The zero-order chi connectivity index (χ0) is 21.7. The van der Waals surface area contributed by atoms with Gasteiger partial charge < -0.3 is 5.32 Å². The third-order valence-electron chi connectivity index (χ3n) is 4.34. The summed E-state index contributed by atoms with van der Waals surface area (Å²) in [4.78, 5) is 38.4. The van der Waals surface area contributed by atoms with Crippen LogP contribution >= 0.6 is 35.6 Å². The number of halogens is 1. The van der Waals surface area contributed by atoms with Gasteiger partial charge >= 0.3 is 0 Å². The smallest absolute Gasteiger partial charge is 0.293 e. The number of H-pyrrole nitrogens is 1. The fourth-order valence-electron chi connectivity index (χ4n) is 2.86. The van der Waals surface area contributed by atoms with Crippen molar-refractivity contribution in [1.82, 2.24) is 25.0 Å². The van der Waals surface area contributed by atoms with E-state index in [0.29, 0.717) is 32.5 Å². The Bertz CT molecular complexity index is 1060. The molecule has 0 radical (unpaired) electrons. The minimum Gasteiger partial charge on any atom is -0.353 e. The molecule has 2 aromatic rings. The Balaban J connectivity index is 1.56. The Hall–Kier alpha value is -2.43. The average molecular weight is 466 g/mol. The van der Waals surface area contributed by atoms with Crippen molar-refractivity contribution in [3.05, 3.63) is 50.4 Å². The van der Waals surface area contributed by atoms with Gasteiger partial charge in [0, 0.05) is 24.5 Å². The summed E-state index contributed by atoms with van der Waals surface area (Å²) in [6.45, 7) is 2.26. The fourth-order valence-corrected chi connectivity index (χ4v) is 4.12. The van der Waals surface area contributed by atoms with E-state index in [2.05, 4.69) is 15.5 Å². The normalized spacial score (nSPS) is 15.3. The maximum atomic E-state index is 12.6. The van der Waals surface area contributed by atoms with Gasteiger partial charge in [0.25, 0.3) is 11.1 Å². The van der Waals surface area contributed by atoms with Crippen molar-refractivity contribution >= 4 is 58.7 Å². The zero-order valence-corrected chi connectivity index (χ0v) is 18.6. The van der Waals surface area contributed by atoms with Gasteiger partial charge in [0.05, 0.1) is 4.91 Å². The van der Waals surface area contributed by atoms with Crippen LogP contribution in [0.5, 0.6) is 0 Å². The number of nitrogens with one attached hydrogen (secondary N) is 2. The van der Waals surface area contributed by atoms with Crippen LogP contribution in [0.15, 0.2) is 29.2 Å². The molecule has 3 rings (SSSR count). The summed E-state index contributed by atoms with van der Waals surface area (Å²) in [7, 11) is 0. The lowest BCUT2D eigenvalue weighted by atomic mass is 10.2. The molecule has 0 unspecified atom stereocenters. The van der Waals surface area contributed by atoms with Gasteiger partial charge in [0.1, 0.15) is 12.4 Å². The standard InChI is InChI=1S/C19H20ClN5O3S2/c1-2-5-15-22-23-18(29)25(15)11-16(26)21-8-9-24-17(27)14(30-19(24)28)10-12-6-3-4-7-13(12)20/h3-4,6-7,10H,2,5,8-9,11H2,1H3,(H,21,26)(H,23,29). The second-order valence-corrected chi connectivity index (χ2v) is 8.27. The van der Waals surface area contributed by atoms with Crippen molar-refractivity contribution in [1.29, 1.82) is 0 Å². The average Bonchev–Trinajstić information content (AvgIpc) is 3.18. The van der Waals surface area contributed by atoms with Crippen molar-refractivity contribution in [3.8, 4) is 0 Å². The van der Waals surface area contributed by atoms with Gasteiger partial charge in [-0.15, -0.1) is 0 Å². The molecule has 1 aromatic carbocycles. The zero-order valence-electron chi connectivity index (χ0n) is 16.2. The molecule has 8 nitrogen and oxygen atoms in total. The highest BCUT2D eigenvalue weighted by Crippen LogP contribution is 2.33. The molecule has 3 amide bonds. The van der Waals surface area contributed by atoms with Crippen LogP contribution in [0.3, 0.4) is 0 Å². The van der Waals surface area contributed by atoms with Gasteiger partial charge in [-0.3, -0.25) is 28.9 Å². The number of aryl methyl sites for hydroxylation is 1. The molecule has 0 saturated carbocycles. The molecule has 2 heterocycles. The summed E-state index contributed by atoms with van der Waals surface area (Å²) in [5, 5.41) is 9.64. The van der Waals surface area contributed by atoms with E-state index < -0.39 is 5.91 Å². The summed E-state index contributed by atoms with van der Waals surface area (Å²) in [5.74, 6) is 0.0400. The van der Waals surface area contributed by atoms with Gasteiger partial charge in [-0.25, -0.2) is 0 Å². The molecule has 11 heteroatoms. The number of aromatic amines is 1. The van der Waals surface area contributed by atoms with Gasteiger partial charge in [0.2, 0.25) is 5.91 Å². The summed E-state index contributed by atoms with van der Waals surface area (Å²) < 4.78 is 2.02. The Labute approximate surface area is 187 Å². The maximum absolute atomic E-state index is 12.6. The lowest BCUT2D eigenvalue weighted by molar-refractivity contribution is -0.124. The van der Waals surface area contributed by atoms with E-state index in [0.717, 1.165) is 23.1 Å². The number of amides is 3. The Morgan fingerprint density at radius 3 is 2.87 bits per heavy atom. The quantitative estimate of drug-likeness (QED) is 0.457. The van der Waals surface area contributed by atoms with E-state index in [1.165, 1.54) is 0 Å². The predicted octanol–water partition coefficient (Wildman–Crippen LogP) is 3.40. The topological polar surface area (TPSA) is 100 Å². The lowest BCUT2D eigenvalue weighted by Crippen LogP contribution is -2.38. The van der Waals surface area contributed by atoms with Crippen LogP contribution in [0, 0.1) is 4.77 Å². The molecule has 2 N–H and O–H groups in total.